The van der Waals surface area contributed by atoms with Crippen LogP contribution in [-0.2, 0) is 17.8 Å². The van der Waals surface area contributed by atoms with Crippen molar-refractivity contribution >= 4 is 27.8 Å². The van der Waals surface area contributed by atoms with Crippen LogP contribution >= 0.6 is 15.9 Å². The topological polar surface area (TPSA) is 122 Å². The number of carboxylic acid groups (broad SMARTS) is 1. The van der Waals surface area contributed by atoms with E-state index in [1.54, 1.807) is 12.1 Å². The maximum absolute atomic E-state index is 12.6. The highest BCUT2D eigenvalue weighted by Gasteiger charge is 2.23. The smallest absolute Gasteiger partial charge is 0.322 e. The Morgan fingerprint density at radius 1 is 1.35 bits per heavy atom. The molecule has 26 heavy (non-hydrogen) atoms. The number of aromatic hydroxyl groups is 1. The normalized spacial score (nSPS) is 10.5. The Hall–Kier alpha value is -2.68. The van der Waals surface area contributed by atoms with Gasteiger partial charge in [-0.1, -0.05) is 41.4 Å². The van der Waals surface area contributed by atoms with Gasteiger partial charge in [0.1, 0.15) is 17.8 Å². The largest absolute Gasteiger partial charge is 0.505 e. The summed E-state index contributed by atoms with van der Waals surface area (Å²) >= 11 is 3.35. The van der Waals surface area contributed by atoms with Gasteiger partial charge in [0, 0.05) is 4.47 Å². The Bertz CT molecular complexity index is 894. The Morgan fingerprint density at radius 2 is 2.08 bits per heavy atom. The van der Waals surface area contributed by atoms with E-state index in [1.165, 1.54) is 0 Å². The standard InChI is InChI=1S/C17H18BrN3O5/c1-2-4-12-15(24)14(16(25)19-8-13(22)23)17(26)21(20-12)9-10-5-3-6-11(18)7-10/h3,5-7,24H,2,4,8-9H2,1H3,(H,19,25)(H,22,23). The molecule has 1 aromatic carbocycles. The molecule has 138 valence electrons. The summed E-state index contributed by atoms with van der Waals surface area (Å²) in [5.41, 5.74) is -0.300. The summed E-state index contributed by atoms with van der Waals surface area (Å²) < 4.78 is 1.93. The molecule has 1 heterocycles. The molecule has 2 rings (SSSR count). The monoisotopic (exact) mass is 423 g/mol. The average molecular weight is 424 g/mol. The van der Waals surface area contributed by atoms with Gasteiger partial charge in [0.25, 0.3) is 11.5 Å². The fraction of sp³-hybridized carbons (Fsp3) is 0.294. The molecule has 0 aliphatic heterocycles. The van der Waals surface area contributed by atoms with Crippen molar-refractivity contribution in [2.24, 2.45) is 0 Å². The molecule has 1 amide bonds. The Balaban J connectivity index is 2.49. The van der Waals surface area contributed by atoms with Crippen molar-refractivity contribution in [1.82, 2.24) is 15.1 Å². The zero-order chi connectivity index (χ0) is 19.3. The molecule has 0 fully saturated rings. The highest BCUT2D eigenvalue weighted by Crippen LogP contribution is 2.19. The van der Waals surface area contributed by atoms with Crippen LogP contribution in [0.4, 0.5) is 0 Å². The number of carbonyl (C=O) groups is 2. The van der Waals surface area contributed by atoms with E-state index in [1.807, 2.05) is 19.1 Å². The number of carbonyl (C=O) groups excluding carboxylic acids is 1. The van der Waals surface area contributed by atoms with Gasteiger partial charge in [-0.15, -0.1) is 0 Å². The highest BCUT2D eigenvalue weighted by molar-refractivity contribution is 9.10. The summed E-state index contributed by atoms with van der Waals surface area (Å²) in [6.45, 7) is 1.32. The molecule has 2 aromatic rings. The minimum Gasteiger partial charge on any atom is -0.505 e. The SMILES string of the molecule is CCCc1nn(Cc2cccc(Br)c2)c(=O)c(C(=O)NCC(=O)O)c1O. The zero-order valence-corrected chi connectivity index (χ0v) is 15.6. The van der Waals surface area contributed by atoms with Crippen LogP contribution in [0.2, 0.25) is 0 Å². The lowest BCUT2D eigenvalue weighted by Gasteiger charge is -2.13. The number of hydrogen-bond donors (Lipinski definition) is 3. The molecule has 3 N–H and O–H groups in total. The number of carboxylic acids is 1. The average Bonchev–Trinajstić information content (AvgIpc) is 2.57. The molecule has 1 aromatic heterocycles. The molecule has 0 unspecified atom stereocenters. The van der Waals surface area contributed by atoms with Crippen molar-refractivity contribution in [2.75, 3.05) is 6.54 Å². The minimum atomic E-state index is -1.25. The van der Waals surface area contributed by atoms with Gasteiger partial charge in [-0.3, -0.25) is 14.4 Å². The number of aliphatic carboxylic acids is 1. The predicted octanol–water partition coefficient (Wildman–Crippen LogP) is 1.53. The molecule has 0 spiro atoms. The number of benzene rings is 1. The molecule has 0 saturated carbocycles. The van der Waals surface area contributed by atoms with E-state index >= 15 is 0 Å². The Morgan fingerprint density at radius 3 is 2.69 bits per heavy atom. The molecule has 8 nitrogen and oxygen atoms in total. The van der Waals surface area contributed by atoms with Gasteiger partial charge in [-0.2, -0.15) is 5.10 Å². The lowest BCUT2D eigenvalue weighted by molar-refractivity contribution is -0.135. The van der Waals surface area contributed by atoms with Gasteiger partial charge < -0.3 is 15.5 Å². The number of nitrogens with zero attached hydrogens (tertiary/aromatic N) is 2. The summed E-state index contributed by atoms with van der Waals surface area (Å²) in [5.74, 6) is -2.71. The van der Waals surface area contributed by atoms with E-state index in [4.69, 9.17) is 5.11 Å². The van der Waals surface area contributed by atoms with Crippen molar-refractivity contribution in [3.8, 4) is 5.75 Å². The van der Waals surface area contributed by atoms with Gasteiger partial charge in [0.15, 0.2) is 5.75 Å². The Labute approximate surface area is 157 Å². The second kappa shape index (κ2) is 8.61. The molecular formula is C17H18BrN3O5. The van der Waals surface area contributed by atoms with Gasteiger partial charge in [-0.05, 0) is 24.1 Å². The van der Waals surface area contributed by atoms with Gasteiger partial charge in [0.2, 0.25) is 0 Å². The summed E-state index contributed by atoms with van der Waals surface area (Å²) in [6.07, 6.45) is 1.01. The third-order valence-corrected chi connectivity index (χ3v) is 4.03. The van der Waals surface area contributed by atoms with Crippen LogP contribution in [0.3, 0.4) is 0 Å². The van der Waals surface area contributed by atoms with Crippen molar-refractivity contribution in [2.45, 2.75) is 26.3 Å². The second-order valence-corrected chi connectivity index (χ2v) is 6.51. The summed E-state index contributed by atoms with van der Waals surface area (Å²) in [4.78, 5) is 35.5. The maximum Gasteiger partial charge on any atom is 0.322 e. The van der Waals surface area contributed by atoms with Crippen LogP contribution in [0.1, 0.15) is 35.0 Å². The molecule has 0 saturated heterocycles. The second-order valence-electron chi connectivity index (χ2n) is 5.59. The fourth-order valence-electron chi connectivity index (χ4n) is 2.38. The number of rotatable bonds is 7. The third kappa shape index (κ3) is 4.69. The first-order valence-corrected chi connectivity index (χ1v) is 8.70. The lowest BCUT2D eigenvalue weighted by atomic mass is 10.1. The summed E-state index contributed by atoms with van der Waals surface area (Å²) in [7, 11) is 0. The van der Waals surface area contributed by atoms with E-state index in [2.05, 4.69) is 26.3 Å². The number of aryl methyl sites for hydroxylation is 1. The summed E-state index contributed by atoms with van der Waals surface area (Å²) in [5, 5.41) is 25.2. The summed E-state index contributed by atoms with van der Waals surface area (Å²) in [6, 6.07) is 7.25. The van der Waals surface area contributed by atoms with Gasteiger partial charge >= 0.3 is 5.97 Å². The van der Waals surface area contributed by atoms with E-state index < -0.39 is 35.3 Å². The van der Waals surface area contributed by atoms with E-state index in [0.29, 0.717) is 12.8 Å². The van der Waals surface area contributed by atoms with Crippen molar-refractivity contribution in [1.29, 1.82) is 0 Å². The fourth-order valence-corrected chi connectivity index (χ4v) is 2.83. The van der Waals surface area contributed by atoms with E-state index in [9.17, 15) is 19.5 Å². The van der Waals surface area contributed by atoms with E-state index in [-0.39, 0.29) is 12.2 Å². The molecule has 0 atom stereocenters. The number of nitrogens with one attached hydrogen (secondary N) is 1. The number of hydrogen-bond acceptors (Lipinski definition) is 5. The van der Waals surface area contributed by atoms with Crippen molar-refractivity contribution < 1.29 is 19.8 Å². The first-order valence-electron chi connectivity index (χ1n) is 7.90. The van der Waals surface area contributed by atoms with Crippen molar-refractivity contribution in [3.63, 3.8) is 0 Å². The van der Waals surface area contributed by atoms with Crippen LogP contribution in [0.5, 0.6) is 5.75 Å². The maximum atomic E-state index is 12.6. The first kappa shape index (κ1) is 19.6. The first-order chi connectivity index (χ1) is 12.3. The Kier molecular flexibility index (Phi) is 6.51. The van der Waals surface area contributed by atoms with E-state index in [0.717, 1.165) is 14.7 Å². The van der Waals surface area contributed by atoms with Crippen LogP contribution in [-0.4, -0.2) is 38.4 Å². The molecule has 9 heteroatoms. The molecule has 0 bridgehead atoms. The predicted molar refractivity (Wildman–Crippen MR) is 97.4 cm³/mol. The third-order valence-electron chi connectivity index (χ3n) is 3.54. The quantitative estimate of drug-likeness (QED) is 0.620. The number of halogens is 1. The lowest BCUT2D eigenvalue weighted by Crippen LogP contribution is -2.37. The van der Waals surface area contributed by atoms with Crippen LogP contribution in [0, 0.1) is 0 Å². The van der Waals surface area contributed by atoms with Gasteiger partial charge in [-0.25, -0.2) is 4.68 Å². The minimum absolute atomic E-state index is 0.106. The van der Waals surface area contributed by atoms with Crippen molar-refractivity contribution in [3.05, 3.63) is 55.9 Å². The highest BCUT2D eigenvalue weighted by atomic mass is 79.9. The molecule has 0 aliphatic carbocycles. The van der Waals surface area contributed by atoms with Gasteiger partial charge in [0.05, 0.1) is 6.54 Å². The molecule has 0 aliphatic rings. The van der Waals surface area contributed by atoms with Crippen LogP contribution in [0.25, 0.3) is 0 Å². The molecular weight excluding hydrogens is 406 g/mol. The van der Waals surface area contributed by atoms with Crippen LogP contribution in [0.15, 0.2) is 33.5 Å². The number of amides is 1. The van der Waals surface area contributed by atoms with Crippen LogP contribution < -0.4 is 10.9 Å². The number of aromatic nitrogens is 2. The zero-order valence-electron chi connectivity index (χ0n) is 14.0. The molecule has 0 radical (unpaired) electrons.